The van der Waals surface area contributed by atoms with E-state index in [-0.39, 0.29) is 23.6 Å². The van der Waals surface area contributed by atoms with Crippen molar-refractivity contribution in [1.29, 1.82) is 0 Å². The Morgan fingerprint density at radius 2 is 1.89 bits per heavy atom. The fraction of sp³-hybridized carbons (Fsp3) is 0.385. The van der Waals surface area contributed by atoms with Crippen LogP contribution in [0.25, 0.3) is 0 Å². The minimum absolute atomic E-state index is 0.0341. The van der Waals surface area contributed by atoms with Crippen LogP contribution in [-0.2, 0) is 9.59 Å². The zero-order valence-electron chi connectivity index (χ0n) is 10.6. The average molecular weight is 266 g/mol. The summed E-state index contributed by atoms with van der Waals surface area (Å²) in [7, 11) is 0. The predicted octanol–water partition coefficient (Wildman–Crippen LogP) is 1.42. The van der Waals surface area contributed by atoms with E-state index < -0.39 is 0 Å². The first-order valence-electron chi connectivity index (χ1n) is 5.89. The van der Waals surface area contributed by atoms with Crippen LogP contribution in [0.5, 0.6) is 0 Å². The third-order valence-corrected chi connectivity index (χ3v) is 3.33. The summed E-state index contributed by atoms with van der Waals surface area (Å²) in [5.74, 6) is -0.294. The molecule has 1 rings (SSSR count). The Kier molecular flexibility index (Phi) is 6.28. The van der Waals surface area contributed by atoms with Gasteiger partial charge >= 0.3 is 0 Å². The molecule has 0 saturated heterocycles. The van der Waals surface area contributed by atoms with Gasteiger partial charge in [0.15, 0.2) is 0 Å². The van der Waals surface area contributed by atoms with Gasteiger partial charge in [-0.3, -0.25) is 9.59 Å². The summed E-state index contributed by atoms with van der Waals surface area (Å²) in [4.78, 5) is 24.0. The van der Waals surface area contributed by atoms with E-state index in [1.807, 2.05) is 44.2 Å². The second kappa shape index (κ2) is 7.76. The highest BCUT2D eigenvalue weighted by molar-refractivity contribution is 8.00. The molecule has 0 aliphatic rings. The number of likely N-dealkylation sites (N-methyl/N-ethyl adjacent to an activating group) is 1. The number of hydrogen-bond acceptors (Lipinski definition) is 3. The van der Waals surface area contributed by atoms with Crippen LogP contribution >= 0.6 is 11.8 Å². The van der Waals surface area contributed by atoms with Crippen molar-refractivity contribution in [3.05, 3.63) is 30.3 Å². The normalized spacial score (nSPS) is 11.7. The fourth-order valence-corrected chi connectivity index (χ4v) is 2.24. The third-order valence-electron chi connectivity index (χ3n) is 2.22. The summed E-state index contributed by atoms with van der Waals surface area (Å²) in [6.07, 6.45) is 0. The summed E-state index contributed by atoms with van der Waals surface area (Å²) >= 11 is 1.47. The Hall–Kier alpha value is -1.49. The lowest BCUT2D eigenvalue weighted by molar-refractivity contribution is -0.125. The van der Waals surface area contributed by atoms with Crippen molar-refractivity contribution >= 4 is 23.6 Å². The maximum atomic E-state index is 11.7. The first kappa shape index (κ1) is 14.6. The smallest absolute Gasteiger partial charge is 0.239 e. The van der Waals surface area contributed by atoms with E-state index in [2.05, 4.69) is 10.6 Å². The maximum absolute atomic E-state index is 11.7. The lowest BCUT2D eigenvalue weighted by Gasteiger charge is -2.11. The molecule has 1 aromatic carbocycles. The molecule has 5 heteroatoms. The zero-order chi connectivity index (χ0) is 13.4. The molecule has 0 fully saturated rings. The number of nitrogens with one attached hydrogen (secondary N) is 2. The molecule has 0 aliphatic heterocycles. The van der Waals surface area contributed by atoms with Gasteiger partial charge in [0.1, 0.15) is 0 Å². The second-order valence-corrected chi connectivity index (χ2v) is 5.16. The Labute approximate surface area is 112 Å². The minimum Gasteiger partial charge on any atom is -0.355 e. The summed E-state index contributed by atoms with van der Waals surface area (Å²) in [5.41, 5.74) is 0. The van der Waals surface area contributed by atoms with Gasteiger partial charge in [-0.15, -0.1) is 11.8 Å². The van der Waals surface area contributed by atoms with Gasteiger partial charge in [-0.05, 0) is 26.0 Å². The van der Waals surface area contributed by atoms with Gasteiger partial charge in [0, 0.05) is 11.4 Å². The lowest BCUT2D eigenvalue weighted by atomic mass is 10.4. The van der Waals surface area contributed by atoms with Crippen LogP contribution in [0, 0.1) is 0 Å². The van der Waals surface area contributed by atoms with Gasteiger partial charge in [-0.2, -0.15) is 0 Å². The van der Waals surface area contributed by atoms with Gasteiger partial charge in [0.05, 0.1) is 11.8 Å². The molecule has 1 atom stereocenters. The number of carbonyl (C=O) groups is 2. The first-order chi connectivity index (χ1) is 8.63. The van der Waals surface area contributed by atoms with Crippen molar-refractivity contribution in [3.63, 3.8) is 0 Å². The summed E-state index contributed by atoms with van der Waals surface area (Å²) in [6, 6.07) is 9.71. The Morgan fingerprint density at radius 1 is 1.22 bits per heavy atom. The average Bonchev–Trinajstić information content (AvgIpc) is 2.37. The topological polar surface area (TPSA) is 58.2 Å². The van der Waals surface area contributed by atoms with E-state index in [9.17, 15) is 9.59 Å². The molecule has 18 heavy (non-hydrogen) atoms. The summed E-state index contributed by atoms with van der Waals surface area (Å²) in [6.45, 7) is 4.27. The Morgan fingerprint density at radius 3 is 2.50 bits per heavy atom. The van der Waals surface area contributed by atoms with Gasteiger partial charge in [0.25, 0.3) is 0 Å². The molecule has 0 radical (unpaired) electrons. The van der Waals surface area contributed by atoms with Crippen molar-refractivity contribution in [2.45, 2.75) is 24.0 Å². The minimum atomic E-state index is -0.221. The monoisotopic (exact) mass is 266 g/mol. The van der Waals surface area contributed by atoms with Crippen LogP contribution in [0.1, 0.15) is 13.8 Å². The Balaban J connectivity index is 2.35. The van der Waals surface area contributed by atoms with Crippen molar-refractivity contribution in [3.8, 4) is 0 Å². The third kappa shape index (κ3) is 5.23. The fourth-order valence-electron chi connectivity index (χ4n) is 1.33. The number of hydrogen-bond donors (Lipinski definition) is 2. The molecular formula is C13H18N2O2S. The predicted molar refractivity (Wildman–Crippen MR) is 73.5 cm³/mol. The van der Waals surface area contributed by atoms with Crippen molar-refractivity contribution in [2.24, 2.45) is 0 Å². The van der Waals surface area contributed by atoms with E-state index in [0.29, 0.717) is 6.54 Å². The van der Waals surface area contributed by atoms with Gasteiger partial charge < -0.3 is 10.6 Å². The quantitative estimate of drug-likeness (QED) is 0.766. The molecule has 0 unspecified atom stereocenters. The lowest BCUT2D eigenvalue weighted by Crippen LogP contribution is -2.39. The summed E-state index contributed by atoms with van der Waals surface area (Å²) < 4.78 is 0. The zero-order valence-corrected chi connectivity index (χ0v) is 11.4. The van der Waals surface area contributed by atoms with Crippen LogP contribution in [0.15, 0.2) is 35.2 Å². The highest BCUT2D eigenvalue weighted by Gasteiger charge is 2.14. The molecule has 1 aromatic rings. The molecule has 98 valence electrons. The van der Waals surface area contributed by atoms with Crippen molar-refractivity contribution in [2.75, 3.05) is 13.1 Å². The van der Waals surface area contributed by atoms with Gasteiger partial charge in [0.2, 0.25) is 11.8 Å². The number of amides is 2. The van der Waals surface area contributed by atoms with E-state index in [4.69, 9.17) is 0 Å². The molecule has 0 heterocycles. The number of rotatable bonds is 6. The molecule has 0 aromatic heterocycles. The molecule has 4 nitrogen and oxygen atoms in total. The Bertz CT molecular complexity index is 395. The molecule has 0 saturated carbocycles. The van der Waals surface area contributed by atoms with E-state index in [0.717, 1.165) is 4.90 Å². The summed E-state index contributed by atoms with van der Waals surface area (Å²) in [5, 5.41) is 5.02. The van der Waals surface area contributed by atoms with Crippen LogP contribution in [0.3, 0.4) is 0 Å². The molecule has 2 N–H and O–H groups in total. The number of benzene rings is 1. The van der Waals surface area contributed by atoms with Gasteiger partial charge in [-0.25, -0.2) is 0 Å². The van der Waals surface area contributed by atoms with E-state index in [1.165, 1.54) is 11.8 Å². The molecule has 0 bridgehead atoms. The van der Waals surface area contributed by atoms with E-state index in [1.54, 1.807) is 0 Å². The van der Waals surface area contributed by atoms with Crippen LogP contribution in [-0.4, -0.2) is 30.2 Å². The highest BCUT2D eigenvalue weighted by Crippen LogP contribution is 2.22. The van der Waals surface area contributed by atoms with Crippen LogP contribution in [0.4, 0.5) is 0 Å². The van der Waals surface area contributed by atoms with Crippen molar-refractivity contribution < 1.29 is 9.59 Å². The maximum Gasteiger partial charge on any atom is 0.239 e. The standard InChI is InChI=1S/C13H18N2O2S/c1-3-14-12(16)9-15-13(17)10(2)18-11-7-5-4-6-8-11/h4-8,10H,3,9H2,1-2H3,(H,14,16)(H,15,17)/t10-/m1/s1. The van der Waals surface area contributed by atoms with Crippen LogP contribution < -0.4 is 10.6 Å². The number of carbonyl (C=O) groups excluding carboxylic acids is 2. The van der Waals surface area contributed by atoms with E-state index >= 15 is 0 Å². The first-order valence-corrected chi connectivity index (χ1v) is 6.77. The van der Waals surface area contributed by atoms with Gasteiger partial charge in [-0.1, -0.05) is 18.2 Å². The molecule has 2 amide bonds. The van der Waals surface area contributed by atoms with Crippen molar-refractivity contribution in [1.82, 2.24) is 10.6 Å². The molecule has 0 aliphatic carbocycles. The number of thioether (sulfide) groups is 1. The highest BCUT2D eigenvalue weighted by atomic mass is 32.2. The SMILES string of the molecule is CCNC(=O)CNC(=O)[C@@H](C)Sc1ccccc1. The molecule has 0 spiro atoms. The second-order valence-electron chi connectivity index (χ2n) is 3.74. The largest absolute Gasteiger partial charge is 0.355 e. The van der Waals surface area contributed by atoms with Crippen LogP contribution in [0.2, 0.25) is 0 Å². The molecular weight excluding hydrogens is 248 g/mol.